The SMILES string of the molecule is CCC(N)C(c1ccco1)N(CC)CC1CC1. The highest BCUT2D eigenvalue weighted by molar-refractivity contribution is 5.08. The molecule has 1 aliphatic carbocycles. The third-order valence-electron chi connectivity index (χ3n) is 3.70. The minimum atomic E-state index is 0.153. The van der Waals surface area contributed by atoms with Gasteiger partial charge in [-0.3, -0.25) is 4.90 Å². The molecule has 2 unspecified atom stereocenters. The van der Waals surface area contributed by atoms with Crippen LogP contribution in [0.4, 0.5) is 0 Å². The van der Waals surface area contributed by atoms with Gasteiger partial charge in [-0.2, -0.15) is 0 Å². The van der Waals surface area contributed by atoms with E-state index >= 15 is 0 Å². The molecule has 1 aromatic heterocycles. The predicted molar refractivity (Wildman–Crippen MR) is 69.7 cm³/mol. The quantitative estimate of drug-likeness (QED) is 0.791. The van der Waals surface area contributed by atoms with Crippen LogP contribution in [0.1, 0.15) is 44.9 Å². The number of furan rings is 1. The van der Waals surface area contributed by atoms with Gasteiger partial charge in [-0.1, -0.05) is 13.8 Å². The van der Waals surface area contributed by atoms with Crippen molar-refractivity contribution in [3.63, 3.8) is 0 Å². The van der Waals surface area contributed by atoms with Crippen molar-refractivity contribution in [2.75, 3.05) is 13.1 Å². The van der Waals surface area contributed by atoms with Crippen LogP contribution >= 0.6 is 0 Å². The molecule has 0 aliphatic heterocycles. The molecule has 0 saturated heterocycles. The van der Waals surface area contributed by atoms with E-state index in [9.17, 15) is 0 Å². The van der Waals surface area contributed by atoms with E-state index < -0.39 is 0 Å². The van der Waals surface area contributed by atoms with E-state index in [4.69, 9.17) is 10.2 Å². The summed E-state index contributed by atoms with van der Waals surface area (Å²) in [4.78, 5) is 2.48. The molecule has 1 heterocycles. The van der Waals surface area contributed by atoms with Gasteiger partial charge in [0.05, 0.1) is 12.3 Å². The van der Waals surface area contributed by atoms with Crippen LogP contribution in [0.3, 0.4) is 0 Å². The van der Waals surface area contributed by atoms with Crippen molar-refractivity contribution in [3.05, 3.63) is 24.2 Å². The standard InChI is InChI=1S/C14H24N2O/c1-3-12(15)14(13-6-5-9-17-13)16(4-2)10-11-7-8-11/h5-6,9,11-12,14H,3-4,7-8,10,15H2,1-2H3. The van der Waals surface area contributed by atoms with E-state index in [-0.39, 0.29) is 12.1 Å². The zero-order chi connectivity index (χ0) is 12.3. The first-order valence-electron chi connectivity index (χ1n) is 6.79. The van der Waals surface area contributed by atoms with Gasteiger partial charge in [-0.15, -0.1) is 0 Å². The molecule has 3 heteroatoms. The molecule has 2 rings (SSSR count). The first-order chi connectivity index (χ1) is 8.26. The van der Waals surface area contributed by atoms with Gasteiger partial charge in [0.25, 0.3) is 0 Å². The van der Waals surface area contributed by atoms with Crippen LogP contribution in [-0.2, 0) is 0 Å². The van der Waals surface area contributed by atoms with Crippen LogP contribution in [0.25, 0.3) is 0 Å². The second kappa shape index (κ2) is 5.69. The highest BCUT2D eigenvalue weighted by Gasteiger charge is 2.31. The molecule has 0 bridgehead atoms. The van der Waals surface area contributed by atoms with Gasteiger partial charge in [-0.05, 0) is 43.9 Å². The lowest BCUT2D eigenvalue weighted by Gasteiger charge is -2.33. The van der Waals surface area contributed by atoms with Crippen molar-refractivity contribution in [2.45, 2.75) is 45.2 Å². The van der Waals surface area contributed by atoms with Crippen molar-refractivity contribution in [3.8, 4) is 0 Å². The molecular weight excluding hydrogens is 212 g/mol. The lowest BCUT2D eigenvalue weighted by atomic mass is 10.0. The van der Waals surface area contributed by atoms with Gasteiger partial charge in [0.15, 0.2) is 0 Å². The molecule has 3 nitrogen and oxygen atoms in total. The maximum Gasteiger partial charge on any atom is 0.122 e. The Kier molecular flexibility index (Phi) is 4.24. The third-order valence-corrected chi connectivity index (χ3v) is 3.70. The maximum absolute atomic E-state index is 6.28. The average Bonchev–Trinajstić information content (AvgIpc) is 3.00. The molecule has 0 radical (unpaired) electrons. The number of hydrogen-bond acceptors (Lipinski definition) is 3. The van der Waals surface area contributed by atoms with E-state index in [2.05, 4.69) is 24.8 Å². The summed E-state index contributed by atoms with van der Waals surface area (Å²) in [5.41, 5.74) is 6.28. The molecule has 0 spiro atoms. The highest BCUT2D eigenvalue weighted by atomic mass is 16.3. The van der Waals surface area contributed by atoms with E-state index in [0.717, 1.165) is 31.2 Å². The van der Waals surface area contributed by atoms with Gasteiger partial charge < -0.3 is 10.2 Å². The number of nitrogens with zero attached hydrogens (tertiary/aromatic N) is 1. The third kappa shape index (κ3) is 3.11. The summed E-state index contributed by atoms with van der Waals surface area (Å²) in [7, 11) is 0. The van der Waals surface area contributed by atoms with Crippen molar-refractivity contribution < 1.29 is 4.42 Å². The largest absolute Gasteiger partial charge is 0.468 e. The molecular formula is C14H24N2O. The highest BCUT2D eigenvalue weighted by Crippen LogP contribution is 2.34. The van der Waals surface area contributed by atoms with Crippen LogP contribution in [0.15, 0.2) is 22.8 Å². The van der Waals surface area contributed by atoms with Gasteiger partial charge in [0, 0.05) is 12.6 Å². The smallest absolute Gasteiger partial charge is 0.122 e. The second-order valence-corrected chi connectivity index (χ2v) is 5.06. The average molecular weight is 236 g/mol. The number of hydrogen-bond donors (Lipinski definition) is 1. The number of nitrogens with two attached hydrogens (primary N) is 1. The van der Waals surface area contributed by atoms with E-state index in [1.165, 1.54) is 12.8 Å². The Balaban J connectivity index is 2.11. The first-order valence-corrected chi connectivity index (χ1v) is 6.79. The Morgan fingerprint density at radius 1 is 1.47 bits per heavy atom. The molecule has 0 amide bonds. The van der Waals surface area contributed by atoms with Crippen LogP contribution in [-0.4, -0.2) is 24.0 Å². The van der Waals surface area contributed by atoms with E-state index in [0.29, 0.717) is 0 Å². The van der Waals surface area contributed by atoms with Gasteiger partial charge in [-0.25, -0.2) is 0 Å². The minimum Gasteiger partial charge on any atom is -0.468 e. The van der Waals surface area contributed by atoms with Crippen LogP contribution in [0, 0.1) is 5.92 Å². The van der Waals surface area contributed by atoms with E-state index in [1.807, 2.05) is 6.07 Å². The summed E-state index contributed by atoms with van der Waals surface area (Å²) in [5, 5.41) is 0. The fraction of sp³-hybridized carbons (Fsp3) is 0.714. The number of rotatable bonds is 7. The van der Waals surface area contributed by atoms with Crippen LogP contribution in [0.2, 0.25) is 0 Å². The summed E-state index contributed by atoms with van der Waals surface area (Å²) < 4.78 is 5.58. The molecule has 2 atom stereocenters. The van der Waals surface area contributed by atoms with Gasteiger partial charge in [0.2, 0.25) is 0 Å². The Labute approximate surface area is 104 Å². The first kappa shape index (κ1) is 12.7. The zero-order valence-corrected chi connectivity index (χ0v) is 10.9. The Morgan fingerprint density at radius 3 is 2.71 bits per heavy atom. The van der Waals surface area contributed by atoms with Crippen molar-refractivity contribution in [2.24, 2.45) is 11.7 Å². The molecule has 17 heavy (non-hydrogen) atoms. The van der Waals surface area contributed by atoms with Crippen LogP contribution < -0.4 is 5.73 Å². The van der Waals surface area contributed by atoms with Gasteiger partial charge in [0.1, 0.15) is 5.76 Å². The summed E-state index contributed by atoms with van der Waals surface area (Å²) in [5.74, 6) is 1.90. The summed E-state index contributed by atoms with van der Waals surface area (Å²) in [6.45, 7) is 6.55. The molecule has 1 fully saturated rings. The monoisotopic (exact) mass is 236 g/mol. The summed E-state index contributed by atoms with van der Waals surface area (Å²) >= 11 is 0. The van der Waals surface area contributed by atoms with Crippen molar-refractivity contribution in [1.82, 2.24) is 4.90 Å². The lowest BCUT2D eigenvalue weighted by molar-refractivity contribution is 0.149. The fourth-order valence-electron chi connectivity index (χ4n) is 2.42. The Bertz CT molecular complexity index is 319. The summed E-state index contributed by atoms with van der Waals surface area (Å²) in [6.07, 6.45) is 5.48. The molecule has 1 saturated carbocycles. The van der Waals surface area contributed by atoms with Crippen molar-refractivity contribution >= 4 is 0 Å². The minimum absolute atomic E-state index is 0.153. The molecule has 0 aromatic carbocycles. The molecule has 1 aromatic rings. The molecule has 96 valence electrons. The topological polar surface area (TPSA) is 42.4 Å². The Hall–Kier alpha value is -0.800. The molecule has 2 N–H and O–H groups in total. The lowest BCUT2D eigenvalue weighted by Crippen LogP contribution is -2.41. The second-order valence-electron chi connectivity index (χ2n) is 5.06. The summed E-state index contributed by atoms with van der Waals surface area (Å²) in [6, 6.07) is 4.39. The molecule has 1 aliphatic rings. The van der Waals surface area contributed by atoms with Gasteiger partial charge >= 0.3 is 0 Å². The Morgan fingerprint density at radius 2 is 2.24 bits per heavy atom. The normalized spacial score (nSPS) is 19.5. The zero-order valence-electron chi connectivity index (χ0n) is 10.9. The van der Waals surface area contributed by atoms with E-state index in [1.54, 1.807) is 6.26 Å². The predicted octanol–water partition coefficient (Wildman–Crippen LogP) is 2.79. The van der Waals surface area contributed by atoms with Crippen LogP contribution in [0.5, 0.6) is 0 Å². The fourth-order valence-corrected chi connectivity index (χ4v) is 2.42. The number of likely N-dealkylation sites (N-methyl/N-ethyl adjacent to an activating group) is 1. The maximum atomic E-state index is 6.28. The van der Waals surface area contributed by atoms with Crippen molar-refractivity contribution in [1.29, 1.82) is 0 Å².